The summed E-state index contributed by atoms with van der Waals surface area (Å²) in [6.45, 7) is 0.816. The number of alkyl halides is 1. The lowest BCUT2D eigenvalue weighted by atomic mass is 9.92. The molecule has 1 N–H and O–H groups in total. The maximum atomic E-state index is 14.9. The summed E-state index contributed by atoms with van der Waals surface area (Å²) in [7, 11) is 0. The Hall–Kier alpha value is -2.21. The minimum atomic E-state index is -1.90. The first-order valence-corrected chi connectivity index (χ1v) is 8.85. The van der Waals surface area contributed by atoms with Gasteiger partial charge in [-0.05, 0) is 17.0 Å². The van der Waals surface area contributed by atoms with Crippen LogP contribution in [0.5, 0.6) is 0 Å². The number of carbonyl (C=O) groups is 2. The van der Waals surface area contributed by atoms with Crippen LogP contribution >= 0.6 is 11.3 Å². The van der Waals surface area contributed by atoms with Crippen molar-refractivity contribution in [3.8, 4) is 0 Å². The van der Waals surface area contributed by atoms with Crippen LogP contribution in [0.15, 0.2) is 47.2 Å². The van der Waals surface area contributed by atoms with Crippen molar-refractivity contribution in [1.82, 2.24) is 10.2 Å². The van der Waals surface area contributed by atoms with Gasteiger partial charge in [0.15, 0.2) is 5.67 Å². The van der Waals surface area contributed by atoms with Gasteiger partial charge in [0.05, 0.1) is 5.56 Å². The molecule has 3 rings (SSSR count). The van der Waals surface area contributed by atoms with Gasteiger partial charge in [-0.2, -0.15) is 11.3 Å². The van der Waals surface area contributed by atoms with Crippen LogP contribution in [0.4, 0.5) is 4.39 Å². The second kappa shape index (κ2) is 7.13. The minimum absolute atomic E-state index is 0.0313. The van der Waals surface area contributed by atoms with Crippen molar-refractivity contribution < 1.29 is 14.0 Å². The summed E-state index contributed by atoms with van der Waals surface area (Å²) in [6.07, 6.45) is 0.0625. The fourth-order valence-electron chi connectivity index (χ4n) is 2.80. The van der Waals surface area contributed by atoms with E-state index < -0.39 is 11.6 Å². The van der Waals surface area contributed by atoms with E-state index in [2.05, 4.69) is 5.32 Å². The molecule has 1 aliphatic heterocycles. The van der Waals surface area contributed by atoms with Crippen molar-refractivity contribution in [2.45, 2.75) is 25.1 Å². The van der Waals surface area contributed by atoms with Crippen molar-refractivity contribution in [3.63, 3.8) is 0 Å². The van der Waals surface area contributed by atoms with Crippen molar-refractivity contribution in [3.05, 3.63) is 58.3 Å². The number of carbonyl (C=O) groups excluding carboxylic acids is 2. The first-order chi connectivity index (χ1) is 11.6. The zero-order valence-corrected chi connectivity index (χ0v) is 14.0. The zero-order chi connectivity index (χ0) is 17.0. The molecule has 1 saturated heterocycles. The molecule has 126 valence electrons. The highest BCUT2D eigenvalue weighted by Gasteiger charge is 2.42. The fourth-order valence-corrected chi connectivity index (χ4v) is 3.43. The molecule has 1 aromatic carbocycles. The van der Waals surface area contributed by atoms with Crippen LogP contribution < -0.4 is 5.32 Å². The monoisotopic (exact) mass is 346 g/mol. The normalized spacial score (nSPS) is 16.6. The van der Waals surface area contributed by atoms with E-state index >= 15 is 0 Å². The molecule has 0 unspecified atom stereocenters. The highest BCUT2D eigenvalue weighted by molar-refractivity contribution is 7.08. The molecule has 2 heterocycles. The average molecular weight is 346 g/mol. The van der Waals surface area contributed by atoms with Crippen molar-refractivity contribution >= 4 is 23.2 Å². The van der Waals surface area contributed by atoms with Crippen LogP contribution in [0.25, 0.3) is 0 Å². The van der Waals surface area contributed by atoms with Gasteiger partial charge in [0.1, 0.15) is 0 Å². The molecule has 0 atom stereocenters. The van der Waals surface area contributed by atoms with Gasteiger partial charge in [-0.15, -0.1) is 0 Å². The molecule has 0 saturated carbocycles. The Labute approximate surface area is 144 Å². The molecular weight excluding hydrogens is 327 g/mol. The van der Waals surface area contributed by atoms with Crippen LogP contribution in [-0.2, 0) is 11.3 Å². The Kier molecular flexibility index (Phi) is 4.94. The number of piperidine rings is 1. The van der Waals surface area contributed by atoms with Gasteiger partial charge in [0.2, 0.25) is 0 Å². The quantitative estimate of drug-likeness (QED) is 0.925. The molecule has 0 radical (unpaired) electrons. The average Bonchev–Trinajstić information content (AvgIpc) is 3.15. The van der Waals surface area contributed by atoms with Gasteiger partial charge in [-0.3, -0.25) is 9.59 Å². The van der Waals surface area contributed by atoms with Gasteiger partial charge in [-0.1, -0.05) is 30.3 Å². The topological polar surface area (TPSA) is 49.4 Å². The van der Waals surface area contributed by atoms with Gasteiger partial charge in [-0.25, -0.2) is 4.39 Å². The number of benzene rings is 1. The van der Waals surface area contributed by atoms with Gasteiger partial charge in [0, 0.05) is 37.9 Å². The molecule has 0 spiro atoms. The SMILES string of the molecule is O=C(c1ccsc1)N1CCC(F)(C(=O)NCc2ccccc2)CC1. The lowest BCUT2D eigenvalue weighted by Crippen LogP contribution is -2.52. The van der Waals surface area contributed by atoms with Crippen molar-refractivity contribution in [2.75, 3.05) is 13.1 Å². The van der Waals surface area contributed by atoms with Crippen LogP contribution in [-0.4, -0.2) is 35.5 Å². The molecule has 2 aromatic rings. The van der Waals surface area contributed by atoms with E-state index in [4.69, 9.17) is 0 Å². The predicted octanol–water partition coefficient (Wildman–Crippen LogP) is 3.01. The van der Waals surface area contributed by atoms with E-state index in [0.717, 1.165) is 5.56 Å². The van der Waals surface area contributed by atoms with E-state index in [1.165, 1.54) is 11.3 Å². The van der Waals surface area contributed by atoms with E-state index in [-0.39, 0.29) is 31.8 Å². The largest absolute Gasteiger partial charge is 0.349 e. The number of halogens is 1. The van der Waals surface area contributed by atoms with E-state index in [9.17, 15) is 14.0 Å². The summed E-state index contributed by atoms with van der Waals surface area (Å²) in [4.78, 5) is 26.1. The standard InChI is InChI=1S/C18H19FN2O2S/c19-18(17(23)20-12-14-4-2-1-3-5-14)7-9-21(10-8-18)16(22)15-6-11-24-13-15/h1-6,11,13H,7-10,12H2,(H,20,23). The molecule has 0 aliphatic carbocycles. The number of nitrogens with zero attached hydrogens (tertiary/aromatic N) is 1. The van der Waals surface area contributed by atoms with Crippen LogP contribution in [0.2, 0.25) is 0 Å². The first kappa shape index (κ1) is 16.6. The highest BCUT2D eigenvalue weighted by Crippen LogP contribution is 2.28. The first-order valence-electron chi connectivity index (χ1n) is 7.91. The summed E-state index contributed by atoms with van der Waals surface area (Å²) in [5, 5.41) is 6.29. The van der Waals surface area contributed by atoms with Crippen molar-refractivity contribution in [1.29, 1.82) is 0 Å². The number of rotatable bonds is 4. The number of likely N-dealkylation sites (tertiary alicyclic amines) is 1. The second-order valence-corrected chi connectivity index (χ2v) is 6.72. The molecule has 0 bridgehead atoms. The van der Waals surface area contributed by atoms with Gasteiger partial charge >= 0.3 is 0 Å². The number of nitrogens with one attached hydrogen (secondary N) is 1. The van der Waals surface area contributed by atoms with Crippen molar-refractivity contribution in [2.24, 2.45) is 0 Å². The van der Waals surface area contributed by atoms with E-state index in [1.54, 1.807) is 16.3 Å². The molecule has 1 aliphatic rings. The molecule has 2 amide bonds. The van der Waals surface area contributed by atoms with Crippen LogP contribution in [0.1, 0.15) is 28.8 Å². The summed E-state index contributed by atoms with van der Waals surface area (Å²) in [5.74, 6) is -0.683. The van der Waals surface area contributed by atoms with E-state index in [0.29, 0.717) is 12.1 Å². The molecule has 6 heteroatoms. The highest BCUT2D eigenvalue weighted by atomic mass is 32.1. The Bertz CT molecular complexity index is 695. The van der Waals surface area contributed by atoms with Gasteiger partial charge < -0.3 is 10.2 Å². The Morgan fingerprint density at radius 3 is 2.50 bits per heavy atom. The molecular formula is C18H19FN2O2S. The lowest BCUT2D eigenvalue weighted by Gasteiger charge is -2.35. The maximum Gasteiger partial charge on any atom is 0.258 e. The fraction of sp³-hybridized carbons (Fsp3) is 0.333. The lowest BCUT2D eigenvalue weighted by molar-refractivity contribution is -0.135. The van der Waals surface area contributed by atoms with Crippen LogP contribution in [0, 0.1) is 0 Å². The Balaban J connectivity index is 1.54. The maximum absolute atomic E-state index is 14.9. The number of hydrogen-bond donors (Lipinski definition) is 1. The minimum Gasteiger partial charge on any atom is -0.349 e. The third-order valence-electron chi connectivity index (χ3n) is 4.31. The molecule has 24 heavy (non-hydrogen) atoms. The Morgan fingerprint density at radius 1 is 1.17 bits per heavy atom. The smallest absolute Gasteiger partial charge is 0.258 e. The predicted molar refractivity (Wildman–Crippen MR) is 91.6 cm³/mol. The molecule has 1 aromatic heterocycles. The third kappa shape index (κ3) is 3.64. The number of thiophene rings is 1. The molecule has 1 fully saturated rings. The Morgan fingerprint density at radius 2 is 1.88 bits per heavy atom. The summed E-state index contributed by atoms with van der Waals surface area (Å²) >= 11 is 1.46. The van der Waals surface area contributed by atoms with Crippen LogP contribution in [0.3, 0.4) is 0 Å². The molecule has 4 nitrogen and oxygen atoms in total. The van der Waals surface area contributed by atoms with Gasteiger partial charge in [0.25, 0.3) is 11.8 Å². The van der Waals surface area contributed by atoms with E-state index in [1.807, 2.05) is 35.7 Å². The number of hydrogen-bond acceptors (Lipinski definition) is 3. The second-order valence-electron chi connectivity index (χ2n) is 5.94. The zero-order valence-electron chi connectivity index (χ0n) is 13.2. The number of amides is 2. The summed E-state index contributed by atoms with van der Waals surface area (Å²) < 4.78 is 14.9. The summed E-state index contributed by atoms with van der Waals surface area (Å²) in [6, 6.07) is 11.2. The third-order valence-corrected chi connectivity index (χ3v) is 5.00. The summed E-state index contributed by atoms with van der Waals surface area (Å²) in [5.41, 5.74) is -0.348.